The fourth-order valence-corrected chi connectivity index (χ4v) is 2.34. The summed E-state index contributed by atoms with van der Waals surface area (Å²) in [4.78, 5) is 0. The molecule has 18 heavy (non-hydrogen) atoms. The summed E-state index contributed by atoms with van der Waals surface area (Å²) in [6, 6.07) is 14.2. The van der Waals surface area contributed by atoms with E-state index < -0.39 is 0 Å². The minimum absolute atomic E-state index is 0.431. The van der Waals surface area contributed by atoms with Crippen LogP contribution < -0.4 is 0 Å². The van der Waals surface area contributed by atoms with Crippen LogP contribution in [0.5, 0.6) is 5.75 Å². The lowest BCUT2D eigenvalue weighted by Crippen LogP contribution is -1.94. The molecule has 0 atom stereocenters. The number of benzene rings is 2. The molecule has 2 aromatic rings. The maximum atomic E-state index is 9.99. The normalized spacial score (nSPS) is 10.6. The third kappa shape index (κ3) is 2.56. The molecule has 0 aliphatic carbocycles. The molecule has 0 heterocycles. The lowest BCUT2D eigenvalue weighted by Gasteiger charge is -2.13. The van der Waals surface area contributed by atoms with Crippen molar-refractivity contribution >= 4 is 0 Å². The van der Waals surface area contributed by atoms with Crippen LogP contribution in [0.3, 0.4) is 0 Å². The van der Waals surface area contributed by atoms with Crippen LogP contribution in [0, 0.1) is 6.92 Å². The Morgan fingerprint density at radius 2 is 1.72 bits per heavy atom. The third-order valence-electron chi connectivity index (χ3n) is 3.44. The number of rotatable bonds is 4. The van der Waals surface area contributed by atoms with E-state index in [1.165, 1.54) is 16.7 Å². The van der Waals surface area contributed by atoms with Gasteiger partial charge in [-0.15, -0.1) is 0 Å². The predicted octanol–water partition coefficient (Wildman–Crippen LogP) is 4.71. The molecule has 0 bridgehead atoms. The molecule has 0 amide bonds. The molecule has 1 nitrogen and oxygen atoms in total. The number of hydrogen-bond acceptors (Lipinski definition) is 1. The second-order valence-electron chi connectivity index (χ2n) is 4.71. The highest BCUT2D eigenvalue weighted by Crippen LogP contribution is 2.31. The van der Waals surface area contributed by atoms with Gasteiger partial charge in [0.05, 0.1) is 0 Å². The Labute approximate surface area is 109 Å². The second kappa shape index (κ2) is 5.72. The molecule has 2 rings (SSSR count). The zero-order chi connectivity index (χ0) is 13.0. The van der Waals surface area contributed by atoms with Crippen LogP contribution >= 0.6 is 0 Å². The van der Waals surface area contributed by atoms with Crippen molar-refractivity contribution in [1.82, 2.24) is 0 Å². The van der Waals surface area contributed by atoms with Crippen molar-refractivity contribution in [2.24, 2.45) is 0 Å². The van der Waals surface area contributed by atoms with Crippen LogP contribution in [0.25, 0.3) is 11.1 Å². The predicted molar refractivity (Wildman–Crippen MR) is 76.9 cm³/mol. The Balaban J connectivity index is 2.44. The molecule has 0 saturated carbocycles. The summed E-state index contributed by atoms with van der Waals surface area (Å²) in [5.41, 5.74) is 4.74. The van der Waals surface area contributed by atoms with E-state index in [1.54, 1.807) is 0 Å². The van der Waals surface area contributed by atoms with Gasteiger partial charge in [-0.1, -0.05) is 49.7 Å². The van der Waals surface area contributed by atoms with Crippen LogP contribution in [0.15, 0.2) is 42.5 Å². The van der Waals surface area contributed by atoms with E-state index in [0.717, 1.165) is 24.8 Å². The van der Waals surface area contributed by atoms with Crippen LogP contribution in [-0.2, 0) is 6.42 Å². The largest absolute Gasteiger partial charge is 0.508 e. The molecular weight excluding hydrogens is 220 g/mol. The van der Waals surface area contributed by atoms with Gasteiger partial charge in [0.1, 0.15) is 5.75 Å². The molecule has 0 unspecified atom stereocenters. The number of unbranched alkanes of at least 4 members (excludes halogenated alkanes) is 1. The topological polar surface area (TPSA) is 20.2 Å². The van der Waals surface area contributed by atoms with Crippen LogP contribution in [-0.4, -0.2) is 5.11 Å². The number of phenols is 1. The van der Waals surface area contributed by atoms with Crippen LogP contribution in [0.1, 0.15) is 30.9 Å². The maximum Gasteiger partial charge on any atom is 0.119 e. The lowest BCUT2D eigenvalue weighted by molar-refractivity contribution is 0.466. The minimum atomic E-state index is 0.431. The number of aromatic hydroxyl groups is 1. The van der Waals surface area contributed by atoms with Crippen LogP contribution in [0.2, 0.25) is 0 Å². The van der Waals surface area contributed by atoms with E-state index in [9.17, 15) is 5.11 Å². The molecule has 0 radical (unpaired) electrons. The maximum absolute atomic E-state index is 9.99. The van der Waals surface area contributed by atoms with E-state index in [0.29, 0.717) is 5.75 Å². The van der Waals surface area contributed by atoms with Crippen molar-refractivity contribution < 1.29 is 5.11 Å². The molecule has 1 heteroatoms. The van der Waals surface area contributed by atoms with Crippen molar-refractivity contribution in [3.8, 4) is 16.9 Å². The summed E-state index contributed by atoms with van der Waals surface area (Å²) in [7, 11) is 0. The summed E-state index contributed by atoms with van der Waals surface area (Å²) in [5.74, 6) is 0.431. The molecular formula is C17H20O. The molecule has 2 aromatic carbocycles. The molecule has 0 aliphatic heterocycles. The first-order valence-electron chi connectivity index (χ1n) is 6.61. The summed E-state index contributed by atoms with van der Waals surface area (Å²) < 4.78 is 0. The second-order valence-corrected chi connectivity index (χ2v) is 4.71. The quantitative estimate of drug-likeness (QED) is 0.820. The SMILES string of the molecule is CCCCc1c(O)ccc(-c2ccccc2)c1C. The van der Waals surface area contributed by atoms with Gasteiger partial charge in [0.15, 0.2) is 0 Å². The highest BCUT2D eigenvalue weighted by Gasteiger charge is 2.10. The van der Waals surface area contributed by atoms with Crippen molar-refractivity contribution in [2.45, 2.75) is 33.1 Å². The molecule has 0 aromatic heterocycles. The van der Waals surface area contributed by atoms with Crippen LogP contribution in [0.4, 0.5) is 0 Å². The highest BCUT2D eigenvalue weighted by atomic mass is 16.3. The van der Waals surface area contributed by atoms with Gasteiger partial charge in [-0.25, -0.2) is 0 Å². The van der Waals surface area contributed by atoms with Crippen molar-refractivity contribution in [3.63, 3.8) is 0 Å². The molecule has 0 saturated heterocycles. The van der Waals surface area contributed by atoms with E-state index in [1.807, 2.05) is 30.3 Å². The fraction of sp³-hybridized carbons (Fsp3) is 0.294. The van der Waals surface area contributed by atoms with Gasteiger partial charge in [0.25, 0.3) is 0 Å². The molecule has 1 N–H and O–H groups in total. The van der Waals surface area contributed by atoms with Gasteiger partial charge in [0.2, 0.25) is 0 Å². The fourth-order valence-electron chi connectivity index (χ4n) is 2.34. The van der Waals surface area contributed by atoms with Gasteiger partial charge in [-0.2, -0.15) is 0 Å². The highest BCUT2D eigenvalue weighted by molar-refractivity contribution is 5.70. The monoisotopic (exact) mass is 240 g/mol. The summed E-state index contributed by atoms with van der Waals surface area (Å²) >= 11 is 0. The van der Waals surface area contributed by atoms with Gasteiger partial charge >= 0.3 is 0 Å². The van der Waals surface area contributed by atoms with Crippen molar-refractivity contribution in [3.05, 3.63) is 53.6 Å². The average molecular weight is 240 g/mol. The first-order chi connectivity index (χ1) is 8.74. The third-order valence-corrected chi connectivity index (χ3v) is 3.44. The molecule has 0 fully saturated rings. The van der Waals surface area contributed by atoms with E-state index in [4.69, 9.17) is 0 Å². The first-order valence-corrected chi connectivity index (χ1v) is 6.61. The molecule has 0 spiro atoms. The zero-order valence-electron chi connectivity index (χ0n) is 11.1. The Kier molecular flexibility index (Phi) is 4.03. The summed E-state index contributed by atoms with van der Waals surface area (Å²) in [6.45, 7) is 4.28. The number of hydrogen-bond donors (Lipinski definition) is 1. The molecule has 94 valence electrons. The Morgan fingerprint density at radius 3 is 2.39 bits per heavy atom. The smallest absolute Gasteiger partial charge is 0.119 e. The summed E-state index contributed by atoms with van der Waals surface area (Å²) in [6.07, 6.45) is 3.22. The van der Waals surface area contributed by atoms with Crippen molar-refractivity contribution in [2.75, 3.05) is 0 Å². The van der Waals surface area contributed by atoms with Crippen molar-refractivity contribution in [1.29, 1.82) is 0 Å². The zero-order valence-corrected chi connectivity index (χ0v) is 11.1. The lowest BCUT2D eigenvalue weighted by atomic mass is 9.93. The van der Waals surface area contributed by atoms with E-state index >= 15 is 0 Å². The van der Waals surface area contributed by atoms with Gasteiger partial charge < -0.3 is 5.11 Å². The number of phenolic OH excluding ortho intramolecular Hbond substituents is 1. The Morgan fingerprint density at radius 1 is 1.00 bits per heavy atom. The Hall–Kier alpha value is -1.76. The standard InChI is InChI=1S/C17H20O/c1-3-4-10-16-13(2)15(11-12-17(16)18)14-8-6-5-7-9-14/h5-9,11-12,18H,3-4,10H2,1-2H3. The van der Waals surface area contributed by atoms with Gasteiger partial charge in [-0.05, 0) is 48.1 Å². The van der Waals surface area contributed by atoms with E-state index in [-0.39, 0.29) is 0 Å². The van der Waals surface area contributed by atoms with Gasteiger partial charge in [0, 0.05) is 0 Å². The summed E-state index contributed by atoms with van der Waals surface area (Å²) in [5, 5.41) is 9.99. The van der Waals surface area contributed by atoms with Gasteiger partial charge in [-0.3, -0.25) is 0 Å². The minimum Gasteiger partial charge on any atom is -0.508 e. The first kappa shape index (κ1) is 12.7. The average Bonchev–Trinajstić information content (AvgIpc) is 2.40. The molecule has 0 aliphatic rings. The Bertz CT molecular complexity index is 515. The van der Waals surface area contributed by atoms with E-state index in [2.05, 4.69) is 26.0 Å².